The molecule has 1 saturated heterocycles. The second kappa shape index (κ2) is 13.8. The van der Waals surface area contributed by atoms with E-state index in [9.17, 15) is 9.50 Å². The standard InChI is InChI=1S/C22H29FOSi.C12H30OSi2/c1-2-3-7-14-25(20-8-5-4-6-9-20)15-12-18(13-16-25)19-10-11-22(24)21(23)17-19;1-11(2,3)14(7,8)13-15(9,10)12(4,5)6/h4-6,8-11,17-18,24H,2-3,7,12-16H2,1H3;1-10H3. The van der Waals surface area contributed by atoms with Crippen molar-refractivity contribution in [3.05, 3.63) is 59.9 Å². The van der Waals surface area contributed by atoms with E-state index in [1.807, 2.05) is 6.07 Å². The van der Waals surface area contributed by atoms with Gasteiger partial charge in [0.25, 0.3) is 0 Å². The van der Waals surface area contributed by atoms with Crippen molar-refractivity contribution in [2.45, 2.75) is 141 Å². The normalized spacial score (nSPS) is 20.6. The maximum atomic E-state index is 13.7. The monoisotopic (exact) mass is 602 g/mol. The Morgan fingerprint density at radius 2 is 1.38 bits per heavy atom. The van der Waals surface area contributed by atoms with Crippen molar-refractivity contribution >= 4 is 29.9 Å². The molecule has 0 aliphatic carbocycles. The summed E-state index contributed by atoms with van der Waals surface area (Å²) < 4.78 is 20.3. The van der Waals surface area contributed by atoms with Gasteiger partial charge in [0.15, 0.2) is 28.2 Å². The fourth-order valence-corrected chi connectivity index (χ4v) is 18.2. The molecule has 0 unspecified atom stereocenters. The third-order valence-corrected chi connectivity index (χ3v) is 26.8. The SMILES string of the molecule is CC(C)(C)[Si](C)(C)O[Si](C)(C)C(C)(C)C.CCCCC[Si]1(c2ccccc2)CCC(c2ccc(O)c(F)c2)CC1. The quantitative estimate of drug-likeness (QED) is 0.240. The van der Waals surface area contributed by atoms with Gasteiger partial charge in [0.2, 0.25) is 0 Å². The summed E-state index contributed by atoms with van der Waals surface area (Å²) in [6.45, 7) is 25.6. The molecule has 6 heteroatoms. The Morgan fingerprint density at radius 1 is 0.850 bits per heavy atom. The van der Waals surface area contributed by atoms with E-state index >= 15 is 0 Å². The largest absolute Gasteiger partial charge is 0.505 e. The molecule has 2 aromatic rings. The van der Waals surface area contributed by atoms with Crippen LogP contribution < -0.4 is 5.19 Å². The maximum absolute atomic E-state index is 13.7. The fourth-order valence-electron chi connectivity index (χ4n) is 5.41. The minimum Gasteiger partial charge on any atom is -0.505 e. The zero-order chi connectivity index (χ0) is 30.4. The first-order valence-corrected chi connectivity index (χ1v) is 24.0. The van der Waals surface area contributed by atoms with Gasteiger partial charge in [-0.25, -0.2) is 4.39 Å². The topological polar surface area (TPSA) is 29.5 Å². The summed E-state index contributed by atoms with van der Waals surface area (Å²) in [7, 11) is -4.62. The number of unbranched alkanes of at least 4 members (excludes halogenated alkanes) is 2. The number of rotatable bonds is 8. The van der Waals surface area contributed by atoms with E-state index in [-0.39, 0.29) is 5.75 Å². The summed E-state index contributed by atoms with van der Waals surface area (Å²) in [5.41, 5.74) is 1.06. The van der Waals surface area contributed by atoms with Crippen molar-refractivity contribution in [1.82, 2.24) is 0 Å². The third-order valence-electron chi connectivity index (χ3n) is 10.2. The van der Waals surface area contributed by atoms with Crippen LogP contribution in [0.1, 0.15) is 92.1 Å². The first-order valence-electron chi connectivity index (χ1n) is 15.6. The molecule has 0 atom stereocenters. The molecule has 0 bridgehead atoms. The van der Waals surface area contributed by atoms with Crippen molar-refractivity contribution in [2.75, 3.05) is 0 Å². The molecule has 1 N–H and O–H groups in total. The second-order valence-corrected chi connectivity index (χ2v) is 29.7. The van der Waals surface area contributed by atoms with Crippen molar-refractivity contribution in [2.24, 2.45) is 0 Å². The van der Waals surface area contributed by atoms with Crippen molar-refractivity contribution in [1.29, 1.82) is 0 Å². The molecule has 40 heavy (non-hydrogen) atoms. The first-order chi connectivity index (χ1) is 18.4. The van der Waals surface area contributed by atoms with Crippen molar-refractivity contribution < 1.29 is 13.6 Å². The van der Waals surface area contributed by atoms with Crippen LogP contribution in [0.4, 0.5) is 4.39 Å². The molecule has 0 saturated carbocycles. The van der Waals surface area contributed by atoms with Gasteiger partial charge >= 0.3 is 0 Å². The predicted molar refractivity (Wildman–Crippen MR) is 181 cm³/mol. The molecule has 0 aromatic heterocycles. The van der Waals surface area contributed by atoms with E-state index in [0.29, 0.717) is 16.0 Å². The molecule has 226 valence electrons. The van der Waals surface area contributed by atoms with E-state index < -0.39 is 30.5 Å². The van der Waals surface area contributed by atoms with Gasteiger partial charge < -0.3 is 9.22 Å². The molecule has 1 aliphatic heterocycles. The molecular weight excluding hydrogens is 544 g/mol. The Hall–Kier alpha value is -1.22. The highest BCUT2D eigenvalue weighted by atomic mass is 28.4. The third kappa shape index (κ3) is 9.14. The molecular formula is C34H59FO2Si3. The lowest BCUT2D eigenvalue weighted by Gasteiger charge is -2.47. The number of hydrogen-bond donors (Lipinski definition) is 1. The molecule has 1 heterocycles. The van der Waals surface area contributed by atoms with E-state index in [1.54, 1.807) is 5.19 Å². The Bertz CT molecular complexity index is 1020. The lowest BCUT2D eigenvalue weighted by atomic mass is 9.93. The van der Waals surface area contributed by atoms with Crippen LogP contribution in [0.3, 0.4) is 0 Å². The lowest BCUT2D eigenvalue weighted by molar-refractivity contribution is 0.430. The lowest BCUT2D eigenvalue weighted by Crippen LogP contribution is -2.53. The molecule has 2 aromatic carbocycles. The number of aromatic hydroxyl groups is 1. The maximum Gasteiger partial charge on any atom is 0.178 e. The summed E-state index contributed by atoms with van der Waals surface area (Å²) >= 11 is 0. The molecule has 1 fully saturated rings. The zero-order valence-corrected chi connectivity index (χ0v) is 30.6. The summed E-state index contributed by atoms with van der Waals surface area (Å²) in [6, 6.07) is 20.1. The Morgan fingerprint density at radius 3 is 1.82 bits per heavy atom. The van der Waals surface area contributed by atoms with Gasteiger partial charge in [-0.3, -0.25) is 0 Å². The number of hydrogen-bond acceptors (Lipinski definition) is 2. The average molecular weight is 603 g/mol. The first kappa shape index (κ1) is 35.0. The fraction of sp³-hybridized carbons (Fsp3) is 0.647. The summed E-state index contributed by atoms with van der Waals surface area (Å²) in [4.78, 5) is 0. The zero-order valence-electron chi connectivity index (χ0n) is 27.6. The highest BCUT2D eigenvalue weighted by molar-refractivity contribution is 6.92. The van der Waals surface area contributed by atoms with Crippen molar-refractivity contribution in [3.8, 4) is 5.75 Å². The molecule has 3 rings (SSSR count). The highest BCUT2D eigenvalue weighted by Gasteiger charge is 2.46. The predicted octanol–water partition coefficient (Wildman–Crippen LogP) is 11.0. The number of phenolic OH excluding ortho intramolecular Hbond substituents is 1. The van der Waals surface area contributed by atoms with Crippen LogP contribution in [0.5, 0.6) is 5.75 Å². The summed E-state index contributed by atoms with van der Waals surface area (Å²) in [6.07, 6.45) is 6.24. The van der Waals surface area contributed by atoms with Crippen molar-refractivity contribution in [3.63, 3.8) is 0 Å². The smallest absolute Gasteiger partial charge is 0.178 e. The van der Waals surface area contributed by atoms with Crippen LogP contribution in [0.15, 0.2) is 48.5 Å². The van der Waals surface area contributed by atoms with Crippen LogP contribution in [-0.4, -0.2) is 29.8 Å². The van der Waals surface area contributed by atoms with Gasteiger partial charge in [0.05, 0.1) is 8.07 Å². The van der Waals surface area contributed by atoms with E-state index in [1.165, 1.54) is 49.5 Å². The Kier molecular flexibility index (Phi) is 12.1. The van der Waals surface area contributed by atoms with Crippen LogP contribution >= 0.6 is 0 Å². The van der Waals surface area contributed by atoms with Gasteiger partial charge in [-0.05, 0) is 72.7 Å². The van der Waals surface area contributed by atoms with Gasteiger partial charge in [-0.1, -0.05) is 127 Å². The van der Waals surface area contributed by atoms with E-state index in [4.69, 9.17) is 4.12 Å². The molecule has 2 nitrogen and oxygen atoms in total. The Balaban J connectivity index is 0.000000323. The van der Waals surface area contributed by atoms with Crippen LogP contribution in [0.2, 0.25) is 54.4 Å². The van der Waals surface area contributed by atoms with Crippen LogP contribution in [0.25, 0.3) is 0 Å². The summed E-state index contributed by atoms with van der Waals surface area (Å²) in [5, 5.41) is 11.7. The number of benzene rings is 2. The van der Waals surface area contributed by atoms with Crippen LogP contribution in [0, 0.1) is 5.82 Å². The van der Waals surface area contributed by atoms with Gasteiger partial charge in [-0.2, -0.15) is 0 Å². The molecule has 0 amide bonds. The summed E-state index contributed by atoms with van der Waals surface area (Å²) in [5.74, 6) is -0.296. The van der Waals surface area contributed by atoms with Gasteiger partial charge in [0.1, 0.15) is 0 Å². The minimum atomic E-state index is -1.59. The van der Waals surface area contributed by atoms with E-state index in [2.05, 4.69) is 105 Å². The average Bonchev–Trinajstić information content (AvgIpc) is 2.85. The minimum absolute atomic E-state index is 0.243. The molecule has 0 spiro atoms. The van der Waals surface area contributed by atoms with Crippen LogP contribution in [-0.2, 0) is 4.12 Å². The highest BCUT2D eigenvalue weighted by Crippen LogP contribution is 2.45. The van der Waals surface area contributed by atoms with E-state index in [0.717, 1.165) is 18.4 Å². The number of phenols is 1. The van der Waals surface area contributed by atoms with Gasteiger partial charge in [0, 0.05) is 0 Å². The number of halogens is 1. The molecule has 0 radical (unpaired) electrons. The second-order valence-electron chi connectivity index (χ2n) is 15.2. The molecule has 1 aliphatic rings. The van der Waals surface area contributed by atoms with Gasteiger partial charge in [-0.15, -0.1) is 0 Å². The Labute approximate surface area is 249 Å².